The minimum atomic E-state index is 0.0671. The van der Waals surface area contributed by atoms with Gasteiger partial charge in [0.1, 0.15) is 0 Å². The third-order valence-electron chi connectivity index (χ3n) is 8.27. The highest BCUT2D eigenvalue weighted by molar-refractivity contribution is 8.03. The van der Waals surface area contributed by atoms with Crippen LogP contribution in [0.15, 0.2) is 53.9 Å². The number of allylic oxidation sites excluding steroid dienone is 1. The van der Waals surface area contributed by atoms with Crippen molar-refractivity contribution in [1.29, 1.82) is 0 Å². The van der Waals surface area contributed by atoms with Gasteiger partial charge in [0.25, 0.3) is 5.91 Å². The molecule has 184 valence electrons. The molecule has 1 unspecified atom stereocenters. The second kappa shape index (κ2) is 9.55. The van der Waals surface area contributed by atoms with Crippen LogP contribution in [-0.2, 0) is 0 Å². The molecule has 2 saturated heterocycles. The number of para-hydroxylation sites is 2. The van der Waals surface area contributed by atoms with Crippen LogP contribution >= 0.6 is 11.8 Å². The van der Waals surface area contributed by atoms with Gasteiger partial charge >= 0.3 is 0 Å². The monoisotopic (exact) mass is 489 g/mol. The Morgan fingerprint density at radius 3 is 2.46 bits per heavy atom. The van der Waals surface area contributed by atoms with Gasteiger partial charge in [0.2, 0.25) is 0 Å². The SMILES string of the molecule is CCN(CC)C(=O)c1ccc2c(c1)Oc1ccccc1N2[C@@H]1C[C@H]2CC[C@@H](C1)N2CC1CC=CS1. The van der Waals surface area contributed by atoms with Gasteiger partial charge in [-0.1, -0.05) is 18.2 Å². The van der Waals surface area contributed by atoms with Crippen molar-refractivity contribution in [3.63, 3.8) is 0 Å². The van der Waals surface area contributed by atoms with E-state index in [0.29, 0.717) is 36.8 Å². The Morgan fingerprint density at radius 2 is 1.74 bits per heavy atom. The Morgan fingerprint density at radius 1 is 1.00 bits per heavy atom. The zero-order valence-corrected chi connectivity index (χ0v) is 21.5. The van der Waals surface area contributed by atoms with Crippen LogP contribution in [0.4, 0.5) is 11.4 Å². The van der Waals surface area contributed by atoms with E-state index in [1.807, 2.05) is 48.7 Å². The fourth-order valence-electron chi connectivity index (χ4n) is 6.54. The molecule has 4 aliphatic heterocycles. The fourth-order valence-corrected chi connectivity index (χ4v) is 7.47. The van der Waals surface area contributed by atoms with E-state index in [2.05, 4.69) is 45.5 Å². The Labute approximate surface area is 213 Å². The van der Waals surface area contributed by atoms with Crippen molar-refractivity contribution < 1.29 is 9.53 Å². The quantitative estimate of drug-likeness (QED) is 0.467. The van der Waals surface area contributed by atoms with Crippen molar-refractivity contribution in [3.8, 4) is 11.5 Å². The van der Waals surface area contributed by atoms with E-state index in [1.54, 1.807) is 0 Å². The highest BCUT2D eigenvalue weighted by Gasteiger charge is 2.44. The first-order chi connectivity index (χ1) is 17.2. The molecule has 0 N–H and O–H groups in total. The molecule has 0 radical (unpaired) electrons. The van der Waals surface area contributed by atoms with E-state index in [4.69, 9.17) is 4.74 Å². The van der Waals surface area contributed by atoms with Crippen molar-refractivity contribution in [1.82, 2.24) is 9.80 Å². The molecule has 0 aliphatic carbocycles. The number of carbonyl (C=O) groups is 1. The summed E-state index contributed by atoms with van der Waals surface area (Å²) in [5, 5.41) is 3.00. The van der Waals surface area contributed by atoms with Gasteiger partial charge in [0.15, 0.2) is 11.5 Å². The molecule has 4 aliphatic rings. The summed E-state index contributed by atoms with van der Waals surface area (Å²) in [5.74, 6) is 1.75. The van der Waals surface area contributed by atoms with Gasteiger partial charge in [-0.25, -0.2) is 0 Å². The number of anilines is 2. The smallest absolute Gasteiger partial charge is 0.253 e. The van der Waals surface area contributed by atoms with Gasteiger partial charge in [-0.3, -0.25) is 9.69 Å². The second-order valence-electron chi connectivity index (χ2n) is 10.2. The number of carbonyl (C=O) groups excluding carboxylic acids is 1. The summed E-state index contributed by atoms with van der Waals surface area (Å²) in [4.78, 5) is 20.2. The molecule has 2 bridgehead atoms. The Kier molecular flexibility index (Phi) is 6.27. The lowest BCUT2D eigenvalue weighted by Crippen LogP contribution is -2.51. The molecule has 35 heavy (non-hydrogen) atoms. The maximum absolute atomic E-state index is 13.0. The second-order valence-corrected chi connectivity index (χ2v) is 11.4. The molecule has 0 spiro atoms. The number of hydrogen-bond donors (Lipinski definition) is 0. The van der Waals surface area contributed by atoms with Gasteiger partial charge in [-0.15, -0.1) is 11.8 Å². The Bertz CT molecular complexity index is 1110. The van der Waals surface area contributed by atoms with Crippen molar-refractivity contribution in [2.45, 2.75) is 69.3 Å². The minimum absolute atomic E-state index is 0.0671. The van der Waals surface area contributed by atoms with E-state index in [0.717, 1.165) is 28.1 Å². The van der Waals surface area contributed by atoms with Crippen LogP contribution in [0.5, 0.6) is 11.5 Å². The average molecular weight is 490 g/mol. The summed E-state index contributed by atoms with van der Waals surface area (Å²) in [5.41, 5.74) is 2.94. The largest absolute Gasteiger partial charge is 0.453 e. The Balaban J connectivity index is 1.30. The first-order valence-corrected chi connectivity index (χ1v) is 14.2. The van der Waals surface area contributed by atoms with Gasteiger partial charge in [-0.2, -0.15) is 0 Å². The lowest BCUT2D eigenvalue weighted by molar-refractivity contribution is 0.0772. The molecule has 0 aromatic heterocycles. The van der Waals surface area contributed by atoms with Crippen LogP contribution in [0.2, 0.25) is 0 Å². The summed E-state index contributed by atoms with van der Waals surface area (Å²) in [6, 6.07) is 16.2. The zero-order chi connectivity index (χ0) is 23.9. The first kappa shape index (κ1) is 23.0. The number of benzene rings is 2. The minimum Gasteiger partial charge on any atom is -0.453 e. The van der Waals surface area contributed by atoms with E-state index in [-0.39, 0.29) is 5.91 Å². The molecule has 2 fully saturated rings. The van der Waals surface area contributed by atoms with Gasteiger partial charge in [-0.05, 0) is 81.7 Å². The van der Waals surface area contributed by atoms with Crippen molar-refractivity contribution in [2.75, 3.05) is 24.5 Å². The summed E-state index contributed by atoms with van der Waals surface area (Å²) >= 11 is 2.01. The maximum Gasteiger partial charge on any atom is 0.253 e. The van der Waals surface area contributed by atoms with E-state index in [1.165, 1.54) is 38.6 Å². The lowest BCUT2D eigenvalue weighted by atomic mass is 9.93. The Hall–Kier alpha value is -2.44. The van der Waals surface area contributed by atoms with Gasteiger partial charge < -0.3 is 14.5 Å². The van der Waals surface area contributed by atoms with E-state index < -0.39 is 0 Å². The van der Waals surface area contributed by atoms with Crippen LogP contribution in [0.25, 0.3) is 0 Å². The summed E-state index contributed by atoms with van der Waals surface area (Å²) in [6.07, 6.45) is 8.50. The molecule has 5 nitrogen and oxygen atoms in total. The summed E-state index contributed by atoms with van der Waals surface area (Å²) in [6.45, 7) is 6.68. The normalized spacial score (nSPS) is 26.9. The number of hydrogen-bond acceptors (Lipinski definition) is 5. The molecule has 6 rings (SSSR count). The van der Waals surface area contributed by atoms with Crippen molar-refractivity contribution >= 4 is 29.0 Å². The fraction of sp³-hybridized carbons (Fsp3) is 0.483. The molecular weight excluding hydrogens is 454 g/mol. The number of fused-ring (bicyclic) bond motifs is 4. The molecular formula is C29H35N3O2S. The summed E-state index contributed by atoms with van der Waals surface area (Å²) in [7, 11) is 0. The number of thioether (sulfide) groups is 1. The zero-order valence-electron chi connectivity index (χ0n) is 20.7. The molecule has 4 atom stereocenters. The molecule has 2 aromatic carbocycles. The van der Waals surface area contributed by atoms with Crippen LogP contribution < -0.4 is 9.64 Å². The predicted octanol–water partition coefficient (Wildman–Crippen LogP) is 6.43. The van der Waals surface area contributed by atoms with Gasteiger partial charge in [0, 0.05) is 48.6 Å². The molecule has 0 saturated carbocycles. The predicted molar refractivity (Wildman–Crippen MR) is 144 cm³/mol. The average Bonchev–Trinajstić information content (AvgIpc) is 3.47. The number of piperidine rings is 1. The van der Waals surface area contributed by atoms with Gasteiger partial charge in [0.05, 0.1) is 11.4 Å². The summed E-state index contributed by atoms with van der Waals surface area (Å²) < 4.78 is 6.38. The van der Waals surface area contributed by atoms with Crippen LogP contribution in [0, 0.1) is 0 Å². The number of nitrogens with zero attached hydrogens (tertiary/aromatic N) is 3. The van der Waals surface area contributed by atoms with Crippen LogP contribution in [0.3, 0.4) is 0 Å². The molecule has 4 heterocycles. The number of amides is 1. The molecule has 6 heteroatoms. The standard InChI is InChI=1S/C29H35N3O2S/c1-3-30(4-2)29(33)20-11-14-26-28(16-20)34-27-10-6-5-9-25(27)32(26)23-17-21-12-13-22(18-23)31(21)19-24-8-7-15-35-24/h5-7,9-11,14-16,21-24H,3-4,8,12-13,17-19H2,1-2H3/t21-,22+,23-,24?. The topological polar surface area (TPSA) is 36.0 Å². The highest BCUT2D eigenvalue weighted by atomic mass is 32.2. The number of ether oxygens (including phenoxy) is 1. The van der Waals surface area contributed by atoms with Crippen LogP contribution in [-0.4, -0.2) is 58.7 Å². The molecule has 2 aromatic rings. The lowest BCUT2D eigenvalue weighted by Gasteiger charge is -2.46. The maximum atomic E-state index is 13.0. The van der Waals surface area contributed by atoms with E-state index in [9.17, 15) is 4.79 Å². The van der Waals surface area contributed by atoms with Crippen LogP contribution in [0.1, 0.15) is 56.3 Å². The third-order valence-corrected chi connectivity index (χ3v) is 9.34. The van der Waals surface area contributed by atoms with E-state index >= 15 is 0 Å². The third kappa shape index (κ3) is 4.15. The highest BCUT2D eigenvalue weighted by Crippen LogP contribution is 2.51. The molecule has 1 amide bonds. The van der Waals surface area contributed by atoms with Crippen molar-refractivity contribution in [2.24, 2.45) is 0 Å². The van der Waals surface area contributed by atoms with Crippen molar-refractivity contribution in [3.05, 3.63) is 59.5 Å². The number of rotatable bonds is 6. The first-order valence-electron chi connectivity index (χ1n) is 13.2.